The summed E-state index contributed by atoms with van der Waals surface area (Å²) >= 11 is 0. The van der Waals surface area contributed by atoms with E-state index in [0.717, 1.165) is 5.56 Å². The van der Waals surface area contributed by atoms with E-state index in [2.05, 4.69) is 4.98 Å². The molecule has 0 aliphatic heterocycles. The van der Waals surface area contributed by atoms with Gasteiger partial charge < -0.3 is 18.6 Å². The summed E-state index contributed by atoms with van der Waals surface area (Å²) in [6.45, 7) is 1.66. The Hall–Kier alpha value is -3.33. The van der Waals surface area contributed by atoms with Crippen LogP contribution in [0.25, 0.3) is 11.5 Å². The van der Waals surface area contributed by atoms with Gasteiger partial charge in [-0.1, -0.05) is 12.1 Å². The number of hydrogen-bond acceptors (Lipinski definition) is 8. The predicted molar refractivity (Wildman–Crippen MR) is 128 cm³/mol. The highest BCUT2D eigenvalue weighted by molar-refractivity contribution is 7.91. The number of carbonyl (C=O) groups is 1. The topological polar surface area (TPSA) is 105 Å². The van der Waals surface area contributed by atoms with Gasteiger partial charge >= 0.3 is 0 Å². The minimum atomic E-state index is -3.69. The third-order valence-corrected chi connectivity index (χ3v) is 6.79. The Labute approximate surface area is 199 Å². The van der Waals surface area contributed by atoms with Crippen LogP contribution in [0.5, 0.6) is 17.2 Å². The molecule has 0 aliphatic rings. The molecule has 0 atom stereocenters. The van der Waals surface area contributed by atoms with Crippen molar-refractivity contribution in [2.75, 3.05) is 27.1 Å². The van der Waals surface area contributed by atoms with Crippen LogP contribution in [0.15, 0.2) is 46.9 Å². The largest absolute Gasteiger partial charge is 0.497 e. The number of methoxy groups -OCH3 is 3. The van der Waals surface area contributed by atoms with Crippen LogP contribution >= 0.6 is 0 Å². The zero-order chi connectivity index (χ0) is 24.7. The van der Waals surface area contributed by atoms with Gasteiger partial charge in [-0.15, -0.1) is 0 Å². The lowest BCUT2D eigenvalue weighted by Gasteiger charge is -2.09. The van der Waals surface area contributed by atoms with Crippen molar-refractivity contribution in [1.29, 1.82) is 0 Å². The van der Waals surface area contributed by atoms with Crippen molar-refractivity contribution in [3.05, 3.63) is 59.5 Å². The third-order valence-electron chi connectivity index (χ3n) is 5.32. The maximum Gasteiger partial charge on any atom is 0.226 e. The second kappa shape index (κ2) is 11.2. The minimum Gasteiger partial charge on any atom is -0.497 e. The molecule has 0 N–H and O–H groups in total. The number of oxazole rings is 1. The van der Waals surface area contributed by atoms with Gasteiger partial charge in [0.2, 0.25) is 5.89 Å². The molecule has 9 heteroatoms. The van der Waals surface area contributed by atoms with E-state index < -0.39 is 15.6 Å². The van der Waals surface area contributed by atoms with Crippen LogP contribution in [0.2, 0.25) is 0 Å². The van der Waals surface area contributed by atoms with Gasteiger partial charge in [-0.2, -0.15) is 0 Å². The number of ketones is 1. The third kappa shape index (κ3) is 6.60. The highest BCUT2D eigenvalue weighted by atomic mass is 32.2. The predicted octanol–water partition coefficient (Wildman–Crippen LogP) is 4.18. The second-order valence-electron chi connectivity index (χ2n) is 7.87. The molecule has 34 heavy (non-hydrogen) atoms. The van der Waals surface area contributed by atoms with E-state index in [0.29, 0.717) is 53.0 Å². The van der Waals surface area contributed by atoms with E-state index in [1.165, 1.54) is 0 Å². The molecule has 3 rings (SSSR count). The molecule has 0 saturated heterocycles. The number of sulfone groups is 1. The minimum absolute atomic E-state index is 0.167. The number of ether oxygens (including phenoxy) is 3. The first-order valence-electron chi connectivity index (χ1n) is 10.8. The van der Waals surface area contributed by atoms with Crippen molar-refractivity contribution in [1.82, 2.24) is 4.98 Å². The molecule has 0 fully saturated rings. The summed E-state index contributed by atoms with van der Waals surface area (Å²) in [6, 6.07) is 12.7. The number of Topliss-reactive ketones (excluding diaryl/α,β-unsaturated/α-hetero) is 1. The zero-order valence-corrected chi connectivity index (χ0v) is 20.6. The number of benzene rings is 2. The number of carbonyl (C=O) groups excluding carboxylic acids is 1. The molecule has 0 radical (unpaired) electrons. The number of nitrogens with zero attached hydrogens (tertiary/aromatic N) is 1. The van der Waals surface area contributed by atoms with Gasteiger partial charge in [-0.25, -0.2) is 13.4 Å². The Morgan fingerprint density at radius 3 is 2.47 bits per heavy atom. The molecule has 182 valence electrons. The summed E-state index contributed by atoms with van der Waals surface area (Å²) in [5, 5.41) is 0. The van der Waals surface area contributed by atoms with Crippen molar-refractivity contribution >= 4 is 15.6 Å². The van der Waals surface area contributed by atoms with Gasteiger partial charge in [0.05, 0.1) is 32.8 Å². The van der Waals surface area contributed by atoms with E-state index >= 15 is 0 Å². The van der Waals surface area contributed by atoms with Gasteiger partial charge in [0.15, 0.2) is 21.3 Å². The van der Waals surface area contributed by atoms with E-state index in [9.17, 15) is 13.2 Å². The fraction of sp³-hybridized carbons (Fsp3) is 0.360. The lowest BCUT2D eigenvalue weighted by Crippen LogP contribution is -2.18. The lowest BCUT2D eigenvalue weighted by molar-refractivity contribution is -0.116. The summed E-state index contributed by atoms with van der Waals surface area (Å²) in [6.07, 6.45) is 1.33. The molecule has 2 aromatic carbocycles. The normalized spacial score (nSPS) is 11.3. The summed E-state index contributed by atoms with van der Waals surface area (Å²) in [5.74, 6) is 1.39. The fourth-order valence-electron chi connectivity index (χ4n) is 3.54. The lowest BCUT2D eigenvalue weighted by atomic mass is 10.1. The first-order chi connectivity index (χ1) is 16.2. The van der Waals surface area contributed by atoms with Crippen LogP contribution in [-0.4, -0.2) is 46.3 Å². The van der Waals surface area contributed by atoms with E-state index in [-0.39, 0.29) is 18.0 Å². The van der Waals surface area contributed by atoms with Gasteiger partial charge in [-0.3, -0.25) is 4.79 Å². The van der Waals surface area contributed by atoms with Gasteiger partial charge in [-0.05, 0) is 55.7 Å². The average molecular weight is 488 g/mol. The van der Waals surface area contributed by atoms with E-state index in [1.54, 1.807) is 58.6 Å². The van der Waals surface area contributed by atoms with Crippen molar-refractivity contribution in [2.45, 2.75) is 31.9 Å². The first kappa shape index (κ1) is 25.3. The summed E-state index contributed by atoms with van der Waals surface area (Å²) < 4.78 is 46.7. The van der Waals surface area contributed by atoms with Crippen LogP contribution in [0.4, 0.5) is 0 Å². The molecule has 0 aliphatic carbocycles. The Bertz CT molecular complexity index is 1250. The van der Waals surface area contributed by atoms with Crippen LogP contribution < -0.4 is 14.2 Å². The highest BCUT2D eigenvalue weighted by Gasteiger charge is 2.22. The molecule has 8 nitrogen and oxygen atoms in total. The molecule has 0 unspecified atom stereocenters. The number of aryl methyl sites for hydroxylation is 2. The Morgan fingerprint density at radius 1 is 1.00 bits per heavy atom. The average Bonchev–Trinajstić information content (AvgIpc) is 3.17. The highest BCUT2D eigenvalue weighted by Crippen LogP contribution is 2.28. The van der Waals surface area contributed by atoms with E-state index in [1.807, 2.05) is 12.1 Å². The van der Waals surface area contributed by atoms with Crippen molar-refractivity contribution in [2.24, 2.45) is 0 Å². The maximum atomic E-state index is 12.6. The Balaban J connectivity index is 1.57. The van der Waals surface area contributed by atoms with Crippen LogP contribution in [0.3, 0.4) is 0 Å². The van der Waals surface area contributed by atoms with Crippen molar-refractivity contribution < 1.29 is 31.8 Å². The monoisotopic (exact) mass is 487 g/mol. The van der Waals surface area contributed by atoms with Crippen LogP contribution in [0, 0.1) is 6.92 Å². The molecular weight excluding hydrogens is 458 g/mol. The van der Waals surface area contributed by atoms with Crippen LogP contribution in [0.1, 0.15) is 29.9 Å². The smallest absolute Gasteiger partial charge is 0.226 e. The molecule has 1 heterocycles. The van der Waals surface area contributed by atoms with E-state index in [4.69, 9.17) is 18.6 Å². The van der Waals surface area contributed by atoms with Gasteiger partial charge in [0.1, 0.15) is 23.0 Å². The maximum absolute atomic E-state index is 12.6. The number of hydrogen-bond donors (Lipinski definition) is 0. The SMILES string of the molecule is COc1cccc(-c2nc(CS(=O)(=O)CC(=O)CCCc3ccc(OC)c(OC)c3)c(C)o2)c1. The fourth-order valence-corrected chi connectivity index (χ4v) is 4.97. The number of rotatable bonds is 12. The molecule has 1 aromatic heterocycles. The molecule has 0 amide bonds. The summed E-state index contributed by atoms with van der Waals surface area (Å²) in [5.41, 5.74) is 1.96. The first-order valence-corrected chi connectivity index (χ1v) is 12.6. The van der Waals surface area contributed by atoms with Gasteiger partial charge in [0, 0.05) is 12.0 Å². The second-order valence-corrected chi connectivity index (χ2v) is 9.93. The van der Waals surface area contributed by atoms with Crippen molar-refractivity contribution in [3.8, 4) is 28.7 Å². The molecular formula is C25H29NO7S. The standard InChI is InChI=1S/C25H29NO7S/c1-17-22(26-25(33-17)19-8-6-10-21(14-19)30-2)16-34(28,29)15-20(27)9-5-7-18-11-12-23(31-3)24(13-18)32-4/h6,8,10-14H,5,7,9,15-16H2,1-4H3. The summed E-state index contributed by atoms with van der Waals surface area (Å²) in [7, 11) is 1.00. The number of aromatic nitrogens is 1. The van der Waals surface area contributed by atoms with Gasteiger partial charge in [0.25, 0.3) is 0 Å². The zero-order valence-electron chi connectivity index (χ0n) is 19.8. The summed E-state index contributed by atoms with van der Waals surface area (Å²) in [4.78, 5) is 16.7. The quantitative estimate of drug-likeness (QED) is 0.375. The molecule has 0 saturated carbocycles. The molecule has 0 spiro atoms. The van der Waals surface area contributed by atoms with Crippen LogP contribution in [-0.2, 0) is 26.8 Å². The Kier molecular flexibility index (Phi) is 8.33. The van der Waals surface area contributed by atoms with Crippen molar-refractivity contribution in [3.63, 3.8) is 0 Å². The molecule has 3 aromatic rings. The Morgan fingerprint density at radius 2 is 1.76 bits per heavy atom. The molecule has 0 bridgehead atoms.